The van der Waals surface area contributed by atoms with E-state index in [1.165, 1.54) is 0 Å². The SMILES string of the molecule is C=c1[nH]c(NCc2cnc(C)cn2)n/c1=C\c1ccc2ncsc2c1. The molecule has 3 heterocycles. The van der Waals surface area contributed by atoms with Crippen molar-refractivity contribution in [2.45, 2.75) is 13.5 Å². The summed E-state index contributed by atoms with van der Waals surface area (Å²) in [6.45, 7) is 6.49. The number of hydrogen-bond acceptors (Lipinski definition) is 6. The lowest BCUT2D eigenvalue weighted by Crippen LogP contribution is -2.22. The first-order chi connectivity index (χ1) is 12.2. The highest BCUT2D eigenvalue weighted by atomic mass is 32.1. The van der Waals surface area contributed by atoms with Gasteiger partial charge in [-0.2, -0.15) is 0 Å². The molecule has 0 radical (unpaired) electrons. The van der Waals surface area contributed by atoms with Crippen molar-refractivity contribution in [3.8, 4) is 0 Å². The summed E-state index contributed by atoms with van der Waals surface area (Å²) in [6, 6.07) is 6.16. The van der Waals surface area contributed by atoms with Crippen molar-refractivity contribution in [2.24, 2.45) is 0 Å². The number of anilines is 1. The van der Waals surface area contributed by atoms with Crippen molar-refractivity contribution < 1.29 is 0 Å². The Balaban J connectivity index is 1.56. The Labute approximate surface area is 148 Å². The second kappa shape index (κ2) is 6.45. The summed E-state index contributed by atoms with van der Waals surface area (Å²) < 4.78 is 1.16. The van der Waals surface area contributed by atoms with Crippen LogP contribution in [0.5, 0.6) is 0 Å². The van der Waals surface area contributed by atoms with Crippen LogP contribution in [0.15, 0.2) is 36.1 Å². The highest BCUT2D eigenvalue weighted by Crippen LogP contribution is 2.19. The number of imidazole rings is 1. The largest absolute Gasteiger partial charge is 0.350 e. The molecule has 6 nitrogen and oxygen atoms in total. The Morgan fingerprint density at radius 2 is 2.16 bits per heavy atom. The lowest BCUT2D eigenvalue weighted by molar-refractivity contribution is 0.970. The maximum atomic E-state index is 4.56. The van der Waals surface area contributed by atoms with Gasteiger partial charge in [0.2, 0.25) is 5.95 Å². The normalized spacial score (nSPS) is 12.0. The Morgan fingerprint density at radius 1 is 1.24 bits per heavy atom. The molecule has 124 valence electrons. The molecule has 2 N–H and O–H groups in total. The summed E-state index contributed by atoms with van der Waals surface area (Å²) in [6.07, 6.45) is 5.52. The minimum absolute atomic E-state index is 0.548. The number of fused-ring (bicyclic) bond motifs is 1. The molecule has 0 aliphatic heterocycles. The van der Waals surface area contributed by atoms with Gasteiger partial charge in [-0.05, 0) is 30.7 Å². The summed E-state index contributed by atoms with van der Waals surface area (Å²) in [4.78, 5) is 20.6. The topological polar surface area (TPSA) is 79.4 Å². The van der Waals surface area contributed by atoms with Crippen LogP contribution in [0.2, 0.25) is 0 Å². The quantitative estimate of drug-likeness (QED) is 0.589. The van der Waals surface area contributed by atoms with Crippen molar-refractivity contribution in [1.29, 1.82) is 0 Å². The van der Waals surface area contributed by atoms with Gasteiger partial charge in [-0.25, -0.2) is 9.97 Å². The van der Waals surface area contributed by atoms with Crippen molar-refractivity contribution in [1.82, 2.24) is 24.9 Å². The van der Waals surface area contributed by atoms with E-state index in [0.717, 1.165) is 37.9 Å². The van der Waals surface area contributed by atoms with E-state index in [0.29, 0.717) is 12.5 Å². The third-order valence-electron chi connectivity index (χ3n) is 3.74. The molecule has 0 spiro atoms. The first-order valence-corrected chi connectivity index (χ1v) is 8.67. The molecule has 0 atom stereocenters. The van der Waals surface area contributed by atoms with Gasteiger partial charge in [-0.15, -0.1) is 11.3 Å². The van der Waals surface area contributed by atoms with Crippen molar-refractivity contribution in [3.05, 3.63) is 63.8 Å². The van der Waals surface area contributed by atoms with E-state index in [-0.39, 0.29) is 0 Å². The second-order valence-electron chi connectivity index (χ2n) is 5.68. The van der Waals surface area contributed by atoms with Gasteiger partial charge in [0.1, 0.15) is 0 Å². The molecule has 4 aromatic rings. The number of aromatic amines is 1. The smallest absolute Gasteiger partial charge is 0.201 e. The molecule has 0 saturated carbocycles. The summed E-state index contributed by atoms with van der Waals surface area (Å²) >= 11 is 1.63. The standard InChI is InChI=1S/C18H16N6S/c1-11-7-20-14(8-19-11)9-21-18-23-12(2)16(24-18)5-13-3-4-15-17(6-13)25-10-22-15/h3-8,10H,2,9H2,1H3,(H2,21,23,24)/b16-5-. The number of aryl methyl sites for hydroxylation is 1. The average molecular weight is 348 g/mol. The van der Waals surface area contributed by atoms with Crippen LogP contribution < -0.4 is 16.0 Å². The Bertz CT molecular complexity index is 1130. The number of thiazole rings is 1. The molecule has 4 rings (SSSR count). The lowest BCUT2D eigenvalue weighted by atomic mass is 10.2. The molecular weight excluding hydrogens is 332 g/mol. The highest BCUT2D eigenvalue weighted by Gasteiger charge is 2.01. The van der Waals surface area contributed by atoms with Gasteiger partial charge in [0, 0.05) is 6.20 Å². The summed E-state index contributed by atoms with van der Waals surface area (Å²) in [5.41, 5.74) is 5.70. The molecule has 3 aromatic heterocycles. The number of benzene rings is 1. The maximum absolute atomic E-state index is 4.56. The van der Waals surface area contributed by atoms with Crippen LogP contribution in [-0.4, -0.2) is 24.9 Å². The number of hydrogen-bond donors (Lipinski definition) is 2. The molecule has 0 amide bonds. The number of rotatable bonds is 4. The second-order valence-corrected chi connectivity index (χ2v) is 6.56. The predicted molar refractivity (Wildman–Crippen MR) is 101 cm³/mol. The zero-order chi connectivity index (χ0) is 17.2. The maximum Gasteiger partial charge on any atom is 0.201 e. The van der Waals surface area contributed by atoms with Gasteiger partial charge in [0.15, 0.2) is 0 Å². The van der Waals surface area contributed by atoms with Crippen LogP contribution in [0.1, 0.15) is 17.0 Å². The van der Waals surface area contributed by atoms with E-state index in [9.17, 15) is 0 Å². The third kappa shape index (κ3) is 3.41. The van der Waals surface area contributed by atoms with E-state index in [2.05, 4.69) is 42.9 Å². The van der Waals surface area contributed by atoms with Crippen LogP contribution in [-0.2, 0) is 6.54 Å². The van der Waals surface area contributed by atoms with E-state index >= 15 is 0 Å². The Kier molecular flexibility index (Phi) is 3.99. The van der Waals surface area contributed by atoms with E-state index in [1.54, 1.807) is 23.7 Å². The molecule has 0 saturated heterocycles. The van der Waals surface area contributed by atoms with Gasteiger partial charge < -0.3 is 10.3 Å². The molecule has 25 heavy (non-hydrogen) atoms. The van der Waals surface area contributed by atoms with E-state index in [4.69, 9.17) is 0 Å². The monoisotopic (exact) mass is 348 g/mol. The van der Waals surface area contributed by atoms with Crippen molar-refractivity contribution >= 4 is 40.2 Å². The average Bonchev–Trinajstić information content (AvgIpc) is 3.21. The molecule has 7 heteroatoms. The van der Waals surface area contributed by atoms with Crippen LogP contribution in [0.4, 0.5) is 5.95 Å². The van der Waals surface area contributed by atoms with E-state index in [1.807, 2.05) is 30.6 Å². The highest BCUT2D eigenvalue weighted by molar-refractivity contribution is 7.16. The molecular formula is C18H16N6S. The number of nitrogens with one attached hydrogen (secondary N) is 2. The van der Waals surface area contributed by atoms with Crippen LogP contribution in [0, 0.1) is 6.92 Å². The van der Waals surface area contributed by atoms with E-state index < -0.39 is 0 Å². The molecule has 0 aliphatic rings. The van der Waals surface area contributed by atoms with Crippen LogP contribution in [0.25, 0.3) is 22.9 Å². The number of aromatic nitrogens is 5. The Morgan fingerprint density at radius 3 is 3.00 bits per heavy atom. The molecule has 0 aliphatic carbocycles. The minimum atomic E-state index is 0.548. The molecule has 0 unspecified atom stereocenters. The predicted octanol–water partition coefficient (Wildman–Crippen LogP) is 1.97. The van der Waals surface area contributed by atoms with Crippen molar-refractivity contribution in [2.75, 3.05) is 5.32 Å². The fourth-order valence-electron chi connectivity index (χ4n) is 2.43. The fourth-order valence-corrected chi connectivity index (χ4v) is 3.16. The first kappa shape index (κ1) is 15.5. The van der Waals surface area contributed by atoms with Gasteiger partial charge in [-0.3, -0.25) is 9.97 Å². The van der Waals surface area contributed by atoms with Crippen LogP contribution in [0.3, 0.4) is 0 Å². The van der Waals surface area contributed by atoms with Gasteiger partial charge in [0.05, 0.1) is 50.6 Å². The van der Waals surface area contributed by atoms with Gasteiger partial charge in [-0.1, -0.05) is 12.6 Å². The number of nitrogens with zero attached hydrogens (tertiary/aromatic N) is 4. The molecule has 1 aromatic carbocycles. The Hall–Kier alpha value is -3.06. The zero-order valence-corrected chi connectivity index (χ0v) is 14.5. The summed E-state index contributed by atoms with van der Waals surface area (Å²) in [5.74, 6) is 0.664. The van der Waals surface area contributed by atoms with Crippen molar-refractivity contribution in [3.63, 3.8) is 0 Å². The minimum Gasteiger partial charge on any atom is -0.350 e. The third-order valence-corrected chi connectivity index (χ3v) is 4.53. The van der Waals surface area contributed by atoms with Gasteiger partial charge in [0.25, 0.3) is 0 Å². The summed E-state index contributed by atoms with van der Waals surface area (Å²) in [5, 5.41) is 4.79. The van der Waals surface area contributed by atoms with Gasteiger partial charge >= 0.3 is 0 Å². The summed E-state index contributed by atoms with van der Waals surface area (Å²) in [7, 11) is 0. The van der Waals surface area contributed by atoms with Crippen LogP contribution >= 0.6 is 11.3 Å². The fraction of sp³-hybridized carbons (Fsp3) is 0.111. The first-order valence-electron chi connectivity index (χ1n) is 7.79. The molecule has 0 fully saturated rings. The molecule has 0 bridgehead atoms. The zero-order valence-electron chi connectivity index (χ0n) is 13.7. The lowest BCUT2D eigenvalue weighted by Gasteiger charge is -2.01. The number of H-pyrrole nitrogens is 1.